The molecule has 0 aromatic rings. The predicted molar refractivity (Wildman–Crippen MR) is 116 cm³/mol. The van der Waals surface area contributed by atoms with Crippen molar-refractivity contribution in [2.24, 2.45) is 5.73 Å². The first-order chi connectivity index (χ1) is 14.1. The van der Waals surface area contributed by atoms with E-state index in [0.717, 1.165) is 0 Å². The van der Waals surface area contributed by atoms with Gasteiger partial charge in [-0.1, -0.05) is 0 Å². The van der Waals surface area contributed by atoms with Crippen LogP contribution in [0.2, 0.25) is 0 Å². The number of carbonyl (C=O) groups excluding carboxylic acids is 3. The molecule has 0 aliphatic heterocycles. The Labute approximate surface area is 184 Å². The van der Waals surface area contributed by atoms with Crippen molar-refractivity contribution >= 4 is 47.2 Å². The molecule has 174 valence electrons. The van der Waals surface area contributed by atoms with E-state index in [1.54, 1.807) is 6.26 Å². The molecule has 13 heteroatoms. The maximum Gasteiger partial charge on any atom is 0.326 e. The highest BCUT2D eigenvalue weighted by atomic mass is 32.2. The zero-order chi connectivity index (χ0) is 23.3. The van der Waals surface area contributed by atoms with Crippen LogP contribution < -0.4 is 21.7 Å². The average Bonchev–Trinajstić information content (AvgIpc) is 2.70. The molecule has 0 heterocycles. The summed E-state index contributed by atoms with van der Waals surface area (Å²) in [6.07, 6.45) is 2.81. The van der Waals surface area contributed by atoms with Crippen molar-refractivity contribution in [3.05, 3.63) is 0 Å². The maximum absolute atomic E-state index is 12.4. The molecule has 0 aliphatic rings. The Morgan fingerprint density at radius 3 is 1.90 bits per heavy atom. The summed E-state index contributed by atoms with van der Waals surface area (Å²) < 4.78 is 0. The van der Waals surface area contributed by atoms with E-state index in [0.29, 0.717) is 17.9 Å². The average molecular weight is 469 g/mol. The number of aliphatic carboxylic acids is 1. The summed E-state index contributed by atoms with van der Waals surface area (Å²) in [5.41, 5.74) is 5.73. The maximum atomic E-state index is 12.4. The molecule has 11 nitrogen and oxygen atoms in total. The van der Waals surface area contributed by atoms with E-state index in [1.165, 1.54) is 30.4 Å². The number of amides is 3. The largest absolute Gasteiger partial charge is 0.480 e. The summed E-state index contributed by atoms with van der Waals surface area (Å²) in [5.74, 6) is -2.58. The highest BCUT2D eigenvalue weighted by Crippen LogP contribution is 2.04. The van der Waals surface area contributed by atoms with Gasteiger partial charge in [-0.05, 0) is 43.8 Å². The zero-order valence-electron chi connectivity index (χ0n) is 17.3. The molecular weight excluding hydrogens is 436 g/mol. The fourth-order valence-electron chi connectivity index (χ4n) is 2.26. The van der Waals surface area contributed by atoms with Crippen molar-refractivity contribution in [3.63, 3.8) is 0 Å². The van der Waals surface area contributed by atoms with Gasteiger partial charge in [-0.3, -0.25) is 14.4 Å². The summed E-state index contributed by atoms with van der Waals surface area (Å²) >= 11 is 2.91. The molecule has 0 rings (SSSR count). The lowest BCUT2D eigenvalue weighted by atomic mass is 10.1. The monoisotopic (exact) mass is 468 g/mol. The first-order valence-corrected chi connectivity index (χ1v) is 12.0. The van der Waals surface area contributed by atoms with Gasteiger partial charge in [0.15, 0.2) is 0 Å². The Kier molecular flexibility index (Phi) is 14.5. The predicted octanol–water partition coefficient (Wildman–Crippen LogP) is -2.27. The van der Waals surface area contributed by atoms with Crippen LogP contribution in [0.25, 0.3) is 0 Å². The molecule has 0 fully saturated rings. The number of carbonyl (C=O) groups is 4. The number of carboxylic acid groups (broad SMARTS) is 1. The van der Waals surface area contributed by atoms with Crippen LogP contribution in [-0.2, 0) is 19.2 Å². The van der Waals surface area contributed by atoms with Gasteiger partial charge in [0, 0.05) is 0 Å². The van der Waals surface area contributed by atoms with Gasteiger partial charge >= 0.3 is 5.97 Å². The number of rotatable bonds is 15. The van der Waals surface area contributed by atoms with Gasteiger partial charge in [0.05, 0.1) is 18.8 Å². The van der Waals surface area contributed by atoms with Crippen molar-refractivity contribution in [2.45, 2.75) is 50.0 Å². The van der Waals surface area contributed by atoms with Gasteiger partial charge in [-0.2, -0.15) is 23.5 Å². The van der Waals surface area contributed by atoms with E-state index < -0.39 is 60.6 Å². The Hall–Kier alpha value is -1.54. The van der Waals surface area contributed by atoms with Gasteiger partial charge < -0.3 is 37.0 Å². The van der Waals surface area contributed by atoms with E-state index in [9.17, 15) is 34.5 Å². The van der Waals surface area contributed by atoms with Gasteiger partial charge in [0.2, 0.25) is 17.7 Å². The normalized spacial score (nSPS) is 15.9. The van der Waals surface area contributed by atoms with Crippen LogP contribution in [0.1, 0.15) is 19.8 Å². The topological polar surface area (TPSA) is 191 Å². The minimum absolute atomic E-state index is 0.159. The molecule has 0 spiro atoms. The molecule has 0 aliphatic carbocycles. The lowest BCUT2D eigenvalue weighted by Crippen LogP contribution is -2.60. The lowest BCUT2D eigenvalue weighted by molar-refractivity contribution is -0.143. The first kappa shape index (κ1) is 28.5. The second kappa shape index (κ2) is 15.3. The molecule has 5 unspecified atom stereocenters. The fourth-order valence-corrected chi connectivity index (χ4v) is 3.22. The molecule has 8 N–H and O–H groups in total. The minimum atomic E-state index is -1.48. The lowest BCUT2D eigenvalue weighted by Gasteiger charge is -2.25. The number of aliphatic hydroxyl groups is 2. The Balaban J connectivity index is 5.08. The number of nitrogens with two attached hydrogens (primary N) is 1. The van der Waals surface area contributed by atoms with Crippen LogP contribution >= 0.6 is 23.5 Å². The number of nitrogens with one attached hydrogen (secondary N) is 3. The van der Waals surface area contributed by atoms with Crippen molar-refractivity contribution in [3.8, 4) is 0 Å². The number of hydrogen-bond donors (Lipinski definition) is 7. The summed E-state index contributed by atoms with van der Waals surface area (Å²) in [6, 6.07) is -4.93. The first-order valence-electron chi connectivity index (χ1n) is 9.25. The molecule has 0 radical (unpaired) electrons. The molecule has 0 bridgehead atoms. The third-order valence-electron chi connectivity index (χ3n) is 4.07. The van der Waals surface area contributed by atoms with E-state index in [1.807, 2.05) is 6.26 Å². The van der Waals surface area contributed by atoms with Crippen molar-refractivity contribution in [2.75, 3.05) is 30.6 Å². The third kappa shape index (κ3) is 10.5. The van der Waals surface area contributed by atoms with E-state index in [4.69, 9.17) is 5.73 Å². The molecular formula is C17H32N4O7S2. The van der Waals surface area contributed by atoms with Gasteiger partial charge in [0.1, 0.15) is 18.1 Å². The molecule has 0 saturated heterocycles. The van der Waals surface area contributed by atoms with Crippen LogP contribution in [0.4, 0.5) is 0 Å². The minimum Gasteiger partial charge on any atom is -0.480 e. The second-order valence-corrected chi connectivity index (χ2v) is 8.51. The van der Waals surface area contributed by atoms with Gasteiger partial charge in [0.25, 0.3) is 0 Å². The third-order valence-corrected chi connectivity index (χ3v) is 5.36. The van der Waals surface area contributed by atoms with Gasteiger partial charge in [-0.25, -0.2) is 4.79 Å². The Morgan fingerprint density at radius 1 is 0.900 bits per heavy atom. The number of carboxylic acids is 1. The quantitative estimate of drug-likeness (QED) is 0.138. The number of aliphatic hydroxyl groups excluding tert-OH is 2. The molecule has 0 aromatic carbocycles. The van der Waals surface area contributed by atoms with Crippen LogP contribution in [0.15, 0.2) is 0 Å². The number of thioether (sulfide) groups is 2. The van der Waals surface area contributed by atoms with Crippen LogP contribution in [0.5, 0.6) is 0 Å². The molecule has 5 atom stereocenters. The smallest absolute Gasteiger partial charge is 0.326 e. The van der Waals surface area contributed by atoms with Crippen LogP contribution in [0, 0.1) is 0 Å². The SMILES string of the molecule is CSCCC(N)C(=O)NC(CO)C(=O)NC(C(=O)NC(CCSC)C(=O)O)C(C)O. The van der Waals surface area contributed by atoms with Crippen LogP contribution in [-0.4, -0.2) is 99.9 Å². The molecule has 0 aromatic heterocycles. The van der Waals surface area contributed by atoms with Crippen molar-refractivity contribution in [1.29, 1.82) is 0 Å². The van der Waals surface area contributed by atoms with Crippen LogP contribution in [0.3, 0.4) is 0 Å². The number of hydrogen-bond acceptors (Lipinski definition) is 9. The van der Waals surface area contributed by atoms with E-state index in [-0.39, 0.29) is 6.42 Å². The van der Waals surface area contributed by atoms with E-state index >= 15 is 0 Å². The Bertz CT molecular complexity index is 580. The highest BCUT2D eigenvalue weighted by molar-refractivity contribution is 7.98. The molecule has 3 amide bonds. The Morgan fingerprint density at radius 2 is 1.43 bits per heavy atom. The molecule has 30 heavy (non-hydrogen) atoms. The standard InChI is InChI=1S/C17H32N4O7S2/c1-9(23)13(16(26)19-11(17(27)28)5-7-30-3)21-15(25)12(8-22)20-14(24)10(18)4-6-29-2/h9-13,22-23H,4-8,18H2,1-3H3,(H,19,26)(H,20,24)(H,21,25)(H,27,28). The second-order valence-electron chi connectivity index (χ2n) is 6.54. The summed E-state index contributed by atoms with van der Waals surface area (Å²) in [7, 11) is 0. The summed E-state index contributed by atoms with van der Waals surface area (Å²) in [4.78, 5) is 48.2. The van der Waals surface area contributed by atoms with Crippen molar-refractivity contribution < 1.29 is 34.5 Å². The zero-order valence-corrected chi connectivity index (χ0v) is 18.9. The summed E-state index contributed by atoms with van der Waals surface area (Å²) in [6.45, 7) is 0.486. The van der Waals surface area contributed by atoms with Crippen molar-refractivity contribution in [1.82, 2.24) is 16.0 Å². The fraction of sp³-hybridized carbons (Fsp3) is 0.765. The van der Waals surface area contributed by atoms with Gasteiger partial charge in [-0.15, -0.1) is 0 Å². The molecule has 0 saturated carbocycles. The highest BCUT2D eigenvalue weighted by Gasteiger charge is 2.32. The van der Waals surface area contributed by atoms with E-state index in [2.05, 4.69) is 16.0 Å². The summed E-state index contributed by atoms with van der Waals surface area (Å²) in [5, 5.41) is 35.4.